The number of nitrogens with zero attached hydrogens (tertiary/aromatic N) is 6. The van der Waals surface area contributed by atoms with Gasteiger partial charge in [0.15, 0.2) is 5.65 Å². The van der Waals surface area contributed by atoms with Gasteiger partial charge in [-0.1, -0.05) is 30.7 Å². The zero-order chi connectivity index (χ0) is 23.7. The van der Waals surface area contributed by atoms with Crippen LogP contribution in [0.25, 0.3) is 11.0 Å². The Balaban J connectivity index is 1.24. The Hall–Kier alpha value is -2.48. The molecule has 180 valence electrons. The van der Waals surface area contributed by atoms with E-state index in [1.165, 1.54) is 18.4 Å². The average Bonchev–Trinajstić information content (AvgIpc) is 2.88. The Labute approximate surface area is 206 Å². The summed E-state index contributed by atoms with van der Waals surface area (Å²) in [5, 5.41) is 1.37. The van der Waals surface area contributed by atoms with Crippen LogP contribution in [0.2, 0.25) is 5.02 Å². The van der Waals surface area contributed by atoms with Gasteiger partial charge in [0.25, 0.3) is 5.56 Å². The molecular formula is C26H33ClN6O. The summed E-state index contributed by atoms with van der Waals surface area (Å²) in [5.74, 6) is 0.729. The van der Waals surface area contributed by atoms with Crippen LogP contribution in [0.4, 0.5) is 5.95 Å². The lowest BCUT2D eigenvalue weighted by atomic mass is 9.98. The van der Waals surface area contributed by atoms with Gasteiger partial charge in [0, 0.05) is 56.5 Å². The molecule has 0 bridgehead atoms. The Kier molecular flexibility index (Phi) is 6.86. The van der Waals surface area contributed by atoms with Crippen molar-refractivity contribution in [1.82, 2.24) is 24.3 Å². The summed E-state index contributed by atoms with van der Waals surface area (Å²) in [6, 6.07) is 12.9. The van der Waals surface area contributed by atoms with Gasteiger partial charge in [-0.25, -0.2) is 4.98 Å². The molecule has 0 amide bonds. The second-order valence-corrected chi connectivity index (χ2v) is 9.97. The fraction of sp³-hybridized carbons (Fsp3) is 0.500. The number of fused-ring (bicyclic) bond motifs is 1. The molecule has 0 saturated carbocycles. The van der Waals surface area contributed by atoms with Crippen molar-refractivity contribution >= 4 is 28.6 Å². The molecule has 2 saturated heterocycles. The first-order valence-corrected chi connectivity index (χ1v) is 12.7. The largest absolute Gasteiger partial charge is 0.339 e. The number of aromatic nitrogens is 3. The van der Waals surface area contributed by atoms with Gasteiger partial charge in [-0.2, -0.15) is 4.98 Å². The number of benzene rings is 1. The summed E-state index contributed by atoms with van der Waals surface area (Å²) in [5.41, 5.74) is 1.83. The van der Waals surface area contributed by atoms with Gasteiger partial charge in [-0.15, -0.1) is 0 Å². The topological polar surface area (TPSA) is 57.5 Å². The number of rotatable bonds is 5. The maximum atomic E-state index is 12.9. The maximum absolute atomic E-state index is 12.9. The van der Waals surface area contributed by atoms with Gasteiger partial charge in [0.1, 0.15) is 0 Å². The average molecular weight is 481 g/mol. The first kappa shape index (κ1) is 23.3. The molecule has 1 atom stereocenters. The molecule has 3 aromatic rings. The normalized spacial score (nSPS) is 20.8. The van der Waals surface area contributed by atoms with Crippen LogP contribution in [-0.2, 0) is 13.6 Å². The van der Waals surface area contributed by atoms with Gasteiger partial charge < -0.3 is 4.90 Å². The lowest BCUT2D eigenvalue weighted by Gasteiger charge is -2.47. The highest BCUT2D eigenvalue weighted by atomic mass is 35.5. The van der Waals surface area contributed by atoms with Crippen LogP contribution in [0.15, 0.2) is 47.4 Å². The lowest BCUT2D eigenvalue weighted by Crippen LogP contribution is -2.59. The molecule has 0 spiro atoms. The minimum Gasteiger partial charge on any atom is -0.339 e. The second-order valence-electron chi connectivity index (χ2n) is 9.53. The molecule has 5 rings (SSSR count). The van der Waals surface area contributed by atoms with Crippen LogP contribution in [0.3, 0.4) is 0 Å². The fourth-order valence-corrected chi connectivity index (χ4v) is 5.66. The van der Waals surface area contributed by atoms with E-state index < -0.39 is 0 Å². The smallest absolute Gasteiger partial charge is 0.264 e. The quantitative estimate of drug-likeness (QED) is 0.556. The molecule has 0 radical (unpaired) electrons. The van der Waals surface area contributed by atoms with Crippen molar-refractivity contribution in [3.8, 4) is 0 Å². The van der Waals surface area contributed by atoms with Gasteiger partial charge in [-0.05, 0) is 62.2 Å². The lowest BCUT2D eigenvalue weighted by molar-refractivity contribution is 0.0607. The highest BCUT2D eigenvalue weighted by Gasteiger charge is 2.34. The highest BCUT2D eigenvalue weighted by molar-refractivity contribution is 6.30. The monoisotopic (exact) mass is 480 g/mol. The van der Waals surface area contributed by atoms with E-state index in [4.69, 9.17) is 16.6 Å². The van der Waals surface area contributed by atoms with Crippen molar-refractivity contribution in [2.45, 2.75) is 44.8 Å². The molecule has 0 unspecified atom stereocenters. The van der Waals surface area contributed by atoms with E-state index in [1.54, 1.807) is 22.9 Å². The molecule has 1 aromatic carbocycles. The number of pyridine rings is 1. The predicted molar refractivity (Wildman–Crippen MR) is 138 cm³/mol. The second kappa shape index (κ2) is 10.0. The Morgan fingerprint density at radius 1 is 1.06 bits per heavy atom. The van der Waals surface area contributed by atoms with Gasteiger partial charge in [-0.3, -0.25) is 19.2 Å². The highest BCUT2D eigenvalue weighted by Crippen LogP contribution is 2.26. The van der Waals surface area contributed by atoms with Crippen LogP contribution >= 0.6 is 11.6 Å². The first-order valence-electron chi connectivity index (χ1n) is 12.3. The third kappa shape index (κ3) is 4.69. The van der Waals surface area contributed by atoms with Crippen molar-refractivity contribution in [3.63, 3.8) is 0 Å². The van der Waals surface area contributed by atoms with Crippen molar-refractivity contribution in [1.29, 1.82) is 0 Å². The van der Waals surface area contributed by atoms with Crippen LogP contribution in [0.1, 0.15) is 31.7 Å². The molecule has 0 aliphatic carbocycles. The van der Waals surface area contributed by atoms with Gasteiger partial charge in [0.05, 0.1) is 5.39 Å². The van der Waals surface area contributed by atoms with E-state index in [0.29, 0.717) is 23.1 Å². The number of halogens is 1. The Bertz CT molecular complexity index is 1190. The molecule has 2 aliphatic heterocycles. The molecule has 2 aromatic heterocycles. The summed E-state index contributed by atoms with van der Waals surface area (Å²) < 4.78 is 1.68. The van der Waals surface area contributed by atoms with E-state index in [2.05, 4.69) is 38.7 Å². The van der Waals surface area contributed by atoms with E-state index in [-0.39, 0.29) is 5.56 Å². The van der Waals surface area contributed by atoms with E-state index in [1.807, 2.05) is 19.2 Å². The van der Waals surface area contributed by atoms with E-state index >= 15 is 0 Å². The molecule has 8 heteroatoms. The molecule has 0 N–H and O–H groups in total. The number of piperidine rings is 1. The standard InChI is InChI=1S/C26H33ClN6O/c1-3-21-18-32(26-29-24-23(5-4-12-28-24)25(34)30(26)2)15-16-33(21)22-10-13-31(14-11-22)17-19-6-8-20(27)9-7-19/h4-9,12,21-22H,3,10-11,13-18H2,1-2H3/t21-/m0/s1. The minimum absolute atomic E-state index is 0.0309. The van der Waals surface area contributed by atoms with Crippen LogP contribution in [0, 0.1) is 0 Å². The molecule has 7 nitrogen and oxygen atoms in total. The summed E-state index contributed by atoms with van der Waals surface area (Å²) in [4.78, 5) is 29.5. The summed E-state index contributed by atoms with van der Waals surface area (Å²) in [6.45, 7) is 8.26. The van der Waals surface area contributed by atoms with Crippen molar-refractivity contribution < 1.29 is 0 Å². The van der Waals surface area contributed by atoms with Crippen LogP contribution in [-0.4, -0.2) is 69.1 Å². The number of piperazine rings is 1. The SMILES string of the molecule is CC[C@H]1CN(c2nc3ncccc3c(=O)n2C)CCN1C1CCN(Cc2ccc(Cl)cc2)CC1. The fourth-order valence-electron chi connectivity index (χ4n) is 5.53. The van der Waals surface area contributed by atoms with Gasteiger partial charge >= 0.3 is 0 Å². The van der Waals surface area contributed by atoms with Crippen molar-refractivity contribution in [2.24, 2.45) is 7.05 Å². The third-order valence-electron chi connectivity index (χ3n) is 7.46. The molecule has 34 heavy (non-hydrogen) atoms. The zero-order valence-electron chi connectivity index (χ0n) is 20.0. The maximum Gasteiger partial charge on any atom is 0.264 e. The third-order valence-corrected chi connectivity index (χ3v) is 7.71. The molecule has 2 aliphatic rings. The predicted octanol–water partition coefficient (Wildman–Crippen LogP) is 3.55. The van der Waals surface area contributed by atoms with Crippen LogP contribution in [0.5, 0.6) is 0 Å². The summed E-state index contributed by atoms with van der Waals surface area (Å²) in [7, 11) is 1.82. The van der Waals surface area contributed by atoms with E-state index in [0.717, 1.165) is 56.7 Å². The molecule has 4 heterocycles. The van der Waals surface area contributed by atoms with Gasteiger partial charge in [0.2, 0.25) is 5.95 Å². The van der Waals surface area contributed by atoms with E-state index in [9.17, 15) is 4.79 Å². The first-order chi connectivity index (χ1) is 16.5. The minimum atomic E-state index is -0.0309. The Morgan fingerprint density at radius 3 is 2.56 bits per heavy atom. The molecule has 2 fully saturated rings. The number of anilines is 1. The number of hydrogen-bond acceptors (Lipinski definition) is 6. The number of likely N-dealkylation sites (tertiary alicyclic amines) is 1. The van der Waals surface area contributed by atoms with Crippen molar-refractivity contribution in [3.05, 3.63) is 63.5 Å². The Morgan fingerprint density at radius 2 is 1.82 bits per heavy atom. The summed E-state index contributed by atoms with van der Waals surface area (Å²) in [6.07, 6.45) is 5.17. The van der Waals surface area contributed by atoms with Crippen molar-refractivity contribution in [2.75, 3.05) is 37.6 Å². The summed E-state index contributed by atoms with van der Waals surface area (Å²) >= 11 is 6.03. The number of hydrogen-bond donors (Lipinski definition) is 0. The van der Waals surface area contributed by atoms with Crippen LogP contribution < -0.4 is 10.5 Å². The zero-order valence-corrected chi connectivity index (χ0v) is 20.8. The molecular weight excluding hydrogens is 448 g/mol.